The zero-order valence-corrected chi connectivity index (χ0v) is 13.9. The summed E-state index contributed by atoms with van der Waals surface area (Å²) in [5.41, 5.74) is -0.000924. The molecule has 1 N–H and O–H groups in total. The van der Waals surface area contributed by atoms with E-state index in [0.717, 1.165) is 0 Å². The smallest absolute Gasteiger partial charge is 0.309 e. The zero-order valence-electron chi connectivity index (χ0n) is 13.9. The number of aliphatic carboxylic acids is 1. The molecular formula is C18H23FO4. The summed E-state index contributed by atoms with van der Waals surface area (Å²) < 4.78 is 26.3. The van der Waals surface area contributed by atoms with Crippen molar-refractivity contribution in [2.24, 2.45) is 17.8 Å². The number of para-hydroxylation sites is 1. The Morgan fingerprint density at radius 1 is 1.39 bits per heavy atom. The Balaban J connectivity index is 2.06. The van der Waals surface area contributed by atoms with Gasteiger partial charge >= 0.3 is 5.97 Å². The summed E-state index contributed by atoms with van der Waals surface area (Å²) in [5, 5.41) is 9.58. The third-order valence-electron chi connectivity index (χ3n) is 5.11. The first-order chi connectivity index (χ1) is 10.7. The van der Waals surface area contributed by atoms with E-state index in [1.54, 1.807) is 6.07 Å². The number of benzene rings is 1. The lowest BCUT2D eigenvalue weighted by molar-refractivity contribution is -0.196. The molecule has 4 atom stereocenters. The van der Waals surface area contributed by atoms with Gasteiger partial charge in [0.15, 0.2) is 11.6 Å². The van der Waals surface area contributed by atoms with E-state index in [9.17, 15) is 14.3 Å². The topological polar surface area (TPSA) is 55.8 Å². The Kier molecular flexibility index (Phi) is 3.87. The average molecular weight is 322 g/mol. The van der Waals surface area contributed by atoms with E-state index < -0.39 is 29.4 Å². The summed E-state index contributed by atoms with van der Waals surface area (Å²) in [6, 6.07) is 4.83. The van der Waals surface area contributed by atoms with Crippen LogP contribution in [-0.2, 0) is 9.53 Å². The van der Waals surface area contributed by atoms with Gasteiger partial charge in [0, 0.05) is 11.5 Å². The Morgan fingerprint density at radius 3 is 2.70 bits per heavy atom. The summed E-state index contributed by atoms with van der Waals surface area (Å²) in [6.45, 7) is 7.66. The second-order valence-corrected chi connectivity index (χ2v) is 7.42. The molecule has 3 rings (SSSR count). The fraction of sp³-hybridized carbons (Fsp3) is 0.611. The van der Waals surface area contributed by atoms with Gasteiger partial charge in [-0.25, -0.2) is 4.39 Å². The van der Waals surface area contributed by atoms with E-state index in [-0.39, 0.29) is 23.7 Å². The Hall–Kier alpha value is -1.62. The maximum absolute atomic E-state index is 14.2. The molecule has 2 aliphatic heterocycles. The number of fused-ring (bicyclic) bond motifs is 3. The maximum atomic E-state index is 14.2. The fourth-order valence-corrected chi connectivity index (χ4v) is 3.89. The monoisotopic (exact) mass is 322 g/mol. The standard InChI is InChI=1S/C18H23FO4/c1-9(2)14-11(17(20)21)8-12-15(22-14)10-6-5-7-13(19)16(10)23-18(12,3)4/h5-7,9,11-12,14-15H,8H2,1-4H3,(H,20,21)/t11-,12+,14+,15-/m0/s1. The van der Waals surface area contributed by atoms with Crippen molar-refractivity contribution in [2.45, 2.75) is 51.9 Å². The molecule has 0 saturated carbocycles. The van der Waals surface area contributed by atoms with Gasteiger partial charge in [-0.15, -0.1) is 0 Å². The van der Waals surface area contributed by atoms with Gasteiger partial charge in [-0.05, 0) is 32.3 Å². The second-order valence-electron chi connectivity index (χ2n) is 7.42. The molecule has 1 saturated heterocycles. The van der Waals surface area contributed by atoms with Crippen LogP contribution in [0, 0.1) is 23.6 Å². The minimum absolute atomic E-state index is 0.0695. The lowest BCUT2D eigenvalue weighted by atomic mass is 9.70. The van der Waals surface area contributed by atoms with E-state index in [4.69, 9.17) is 9.47 Å². The SMILES string of the molecule is CC(C)[C@H]1O[C@H]2c3cccc(F)c3OC(C)(C)[C@@H]2C[C@@H]1C(=O)O. The molecule has 2 heterocycles. The van der Waals surface area contributed by atoms with Crippen LogP contribution in [0.25, 0.3) is 0 Å². The summed E-state index contributed by atoms with van der Waals surface area (Å²) >= 11 is 0. The molecule has 1 aromatic rings. The third kappa shape index (κ3) is 2.61. The van der Waals surface area contributed by atoms with Crippen molar-refractivity contribution >= 4 is 5.97 Å². The predicted molar refractivity (Wildman–Crippen MR) is 82.8 cm³/mol. The van der Waals surface area contributed by atoms with Crippen molar-refractivity contribution in [1.29, 1.82) is 0 Å². The Labute approximate surface area is 135 Å². The number of carboxylic acids is 1. The second kappa shape index (κ2) is 5.48. The summed E-state index contributed by atoms with van der Waals surface area (Å²) in [7, 11) is 0. The minimum Gasteiger partial charge on any atom is -0.484 e. The van der Waals surface area contributed by atoms with Crippen molar-refractivity contribution in [3.63, 3.8) is 0 Å². The molecule has 4 nitrogen and oxygen atoms in total. The number of halogens is 1. The number of ether oxygens (including phenoxy) is 2. The van der Waals surface area contributed by atoms with E-state index in [0.29, 0.717) is 12.0 Å². The normalized spacial score (nSPS) is 31.9. The van der Waals surface area contributed by atoms with E-state index in [2.05, 4.69) is 0 Å². The number of carboxylic acid groups (broad SMARTS) is 1. The van der Waals surface area contributed by atoms with Crippen molar-refractivity contribution in [1.82, 2.24) is 0 Å². The molecule has 126 valence electrons. The van der Waals surface area contributed by atoms with Crippen molar-refractivity contribution in [2.75, 3.05) is 0 Å². The molecule has 0 amide bonds. The highest BCUT2D eigenvalue weighted by Crippen LogP contribution is 2.53. The van der Waals surface area contributed by atoms with Crippen LogP contribution in [-0.4, -0.2) is 22.8 Å². The largest absolute Gasteiger partial charge is 0.484 e. The van der Waals surface area contributed by atoms with Crippen molar-refractivity contribution in [3.8, 4) is 5.75 Å². The third-order valence-corrected chi connectivity index (χ3v) is 5.11. The molecule has 0 aliphatic carbocycles. The quantitative estimate of drug-likeness (QED) is 0.900. The lowest BCUT2D eigenvalue weighted by Crippen LogP contribution is -2.53. The van der Waals surface area contributed by atoms with Crippen molar-refractivity contribution < 1.29 is 23.8 Å². The summed E-state index contributed by atoms with van der Waals surface area (Å²) in [5.74, 6) is -1.65. The van der Waals surface area contributed by atoms with Gasteiger partial charge in [0.1, 0.15) is 5.60 Å². The van der Waals surface area contributed by atoms with Gasteiger partial charge < -0.3 is 14.6 Å². The molecule has 0 bridgehead atoms. The molecule has 0 spiro atoms. The van der Waals surface area contributed by atoms with Crippen LogP contribution in [0.5, 0.6) is 5.75 Å². The van der Waals surface area contributed by atoms with Crippen LogP contribution in [0.3, 0.4) is 0 Å². The first kappa shape index (κ1) is 16.2. The molecule has 0 unspecified atom stereocenters. The van der Waals surface area contributed by atoms with Crippen LogP contribution in [0.2, 0.25) is 0 Å². The van der Waals surface area contributed by atoms with Gasteiger partial charge in [-0.3, -0.25) is 4.79 Å². The van der Waals surface area contributed by atoms with Gasteiger partial charge in [0.05, 0.1) is 18.1 Å². The molecule has 5 heteroatoms. The number of rotatable bonds is 2. The lowest BCUT2D eigenvalue weighted by Gasteiger charge is -2.51. The van der Waals surface area contributed by atoms with Gasteiger partial charge in [0.2, 0.25) is 0 Å². The van der Waals surface area contributed by atoms with Crippen LogP contribution in [0.15, 0.2) is 18.2 Å². The highest BCUT2D eigenvalue weighted by Gasteiger charge is 2.53. The summed E-state index contributed by atoms with van der Waals surface area (Å²) in [6.07, 6.45) is -0.266. The zero-order chi connectivity index (χ0) is 16.9. The number of hydrogen-bond donors (Lipinski definition) is 1. The molecule has 1 fully saturated rings. The molecule has 2 aliphatic rings. The molecule has 1 aromatic carbocycles. The summed E-state index contributed by atoms with van der Waals surface area (Å²) in [4.78, 5) is 11.7. The highest BCUT2D eigenvalue weighted by atomic mass is 19.1. The average Bonchev–Trinajstić information content (AvgIpc) is 2.47. The van der Waals surface area contributed by atoms with E-state index in [1.807, 2.05) is 33.8 Å². The maximum Gasteiger partial charge on any atom is 0.309 e. The van der Waals surface area contributed by atoms with Gasteiger partial charge in [-0.1, -0.05) is 26.0 Å². The van der Waals surface area contributed by atoms with Gasteiger partial charge in [-0.2, -0.15) is 0 Å². The van der Waals surface area contributed by atoms with Crippen molar-refractivity contribution in [3.05, 3.63) is 29.6 Å². The molecule has 23 heavy (non-hydrogen) atoms. The molecule has 0 aromatic heterocycles. The highest BCUT2D eigenvalue weighted by molar-refractivity contribution is 5.71. The van der Waals surface area contributed by atoms with Crippen LogP contribution in [0.4, 0.5) is 4.39 Å². The Morgan fingerprint density at radius 2 is 2.09 bits per heavy atom. The van der Waals surface area contributed by atoms with Crippen LogP contribution < -0.4 is 4.74 Å². The minimum atomic E-state index is -0.844. The number of carbonyl (C=O) groups is 1. The van der Waals surface area contributed by atoms with Crippen LogP contribution >= 0.6 is 0 Å². The number of hydrogen-bond acceptors (Lipinski definition) is 3. The molecule has 0 radical (unpaired) electrons. The first-order valence-electron chi connectivity index (χ1n) is 8.08. The molecular weight excluding hydrogens is 299 g/mol. The predicted octanol–water partition coefficient (Wildman–Crippen LogP) is 3.80. The fourth-order valence-electron chi connectivity index (χ4n) is 3.89. The van der Waals surface area contributed by atoms with Crippen LogP contribution in [0.1, 0.15) is 45.8 Å². The van der Waals surface area contributed by atoms with E-state index >= 15 is 0 Å². The van der Waals surface area contributed by atoms with Gasteiger partial charge in [0.25, 0.3) is 0 Å². The van der Waals surface area contributed by atoms with E-state index in [1.165, 1.54) is 6.07 Å². The Bertz CT molecular complexity index is 625. The first-order valence-corrected chi connectivity index (χ1v) is 8.08.